The van der Waals surface area contributed by atoms with Gasteiger partial charge in [0.25, 0.3) is 5.91 Å². The van der Waals surface area contributed by atoms with Crippen LogP contribution in [-0.4, -0.2) is 18.1 Å². The van der Waals surface area contributed by atoms with Crippen molar-refractivity contribution in [3.63, 3.8) is 0 Å². The van der Waals surface area contributed by atoms with Gasteiger partial charge in [0.1, 0.15) is 5.75 Å². The van der Waals surface area contributed by atoms with Gasteiger partial charge < -0.3 is 10.1 Å². The van der Waals surface area contributed by atoms with E-state index < -0.39 is 0 Å². The average molecular weight is 414 g/mol. The molecule has 0 heterocycles. The number of benzene rings is 2. The number of nitrogens with one attached hydrogen (secondary N) is 2. The Morgan fingerprint density at radius 3 is 2.65 bits per heavy atom. The fourth-order valence-electron chi connectivity index (χ4n) is 1.87. The van der Waals surface area contributed by atoms with Crippen LogP contribution in [0.2, 0.25) is 5.02 Å². The maximum absolute atomic E-state index is 12.2. The van der Waals surface area contributed by atoms with Crippen LogP contribution in [0.4, 0.5) is 5.69 Å². The van der Waals surface area contributed by atoms with E-state index in [1.54, 1.807) is 37.4 Å². The van der Waals surface area contributed by atoms with Gasteiger partial charge in [0, 0.05) is 16.3 Å². The van der Waals surface area contributed by atoms with E-state index in [0.717, 1.165) is 11.3 Å². The first-order chi connectivity index (χ1) is 10.9. The molecule has 7 heteroatoms. The molecule has 2 aromatic rings. The second-order valence-corrected chi connectivity index (χ2v) is 6.42. The molecule has 0 bridgehead atoms. The standard InChI is InChI=1S/C16H14BrClN2O2S/c1-9-3-5-11(18)8-13(9)19-16(23)20-15(21)10-4-6-14(22-2)12(17)7-10/h3-8H,1-2H3,(H2,19,20,21,23). The molecule has 2 N–H and O–H groups in total. The highest BCUT2D eigenvalue weighted by molar-refractivity contribution is 9.10. The Hall–Kier alpha value is -1.63. The van der Waals surface area contributed by atoms with Gasteiger partial charge in [0.05, 0.1) is 11.6 Å². The molecule has 120 valence electrons. The van der Waals surface area contributed by atoms with Gasteiger partial charge in [-0.05, 0) is 71.0 Å². The molecule has 2 rings (SSSR count). The van der Waals surface area contributed by atoms with E-state index in [4.69, 9.17) is 28.6 Å². The van der Waals surface area contributed by atoms with Crippen molar-refractivity contribution < 1.29 is 9.53 Å². The number of halogens is 2. The number of methoxy groups -OCH3 is 1. The molecule has 4 nitrogen and oxygen atoms in total. The summed E-state index contributed by atoms with van der Waals surface area (Å²) in [6.07, 6.45) is 0. The van der Waals surface area contributed by atoms with E-state index in [1.807, 2.05) is 13.0 Å². The summed E-state index contributed by atoms with van der Waals surface area (Å²) in [4.78, 5) is 12.2. The number of aryl methyl sites for hydroxylation is 1. The summed E-state index contributed by atoms with van der Waals surface area (Å²) in [6, 6.07) is 10.4. The maximum Gasteiger partial charge on any atom is 0.257 e. The minimum absolute atomic E-state index is 0.201. The Bertz CT molecular complexity index is 768. The van der Waals surface area contributed by atoms with Crippen molar-refractivity contribution in [1.82, 2.24) is 5.32 Å². The number of hydrogen-bond donors (Lipinski definition) is 2. The van der Waals surface area contributed by atoms with Gasteiger partial charge >= 0.3 is 0 Å². The monoisotopic (exact) mass is 412 g/mol. The predicted molar refractivity (Wildman–Crippen MR) is 101 cm³/mol. The Kier molecular flexibility index (Phi) is 5.98. The van der Waals surface area contributed by atoms with Crippen molar-refractivity contribution in [2.24, 2.45) is 0 Å². The van der Waals surface area contributed by atoms with Crippen LogP contribution < -0.4 is 15.4 Å². The molecule has 23 heavy (non-hydrogen) atoms. The molecule has 0 fully saturated rings. The van der Waals surface area contributed by atoms with Gasteiger partial charge in [-0.3, -0.25) is 10.1 Å². The van der Waals surface area contributed by atoms with E-state index in [-0.39, 0.29) is 11.0 Å². The van der Waals surface area contributed by atoms with Gasteiger partial charge in [-0.1, -0.05) is 17.7 Å². The molecule has 0 unspecified atom stereocenters. The number of ether oxygens (including phenoxy) is 1. The molecule has 0 aliphatic heterocycles. The Balaban J connectivity index is 2.06. The third-order valence-electron chi connectivity index (χ3n) is 3.09. The number of anilines is 1. The predicted octanol–water partition coefficient (Wildman–Crippen LogP) is 4.55. The molecule has 0 spiro atoms. The zero-order valence-electron chi connectivity index (χ0n) is 12.4. The molecule has 0 aliphatic rings. The first kappa shape index (κ1) is 17.7. The van der Waals surface area contributed by atoms with Crippen LogP contribution in [0, 0.1) is 6.92 Å². The number of carbonyl (C=O) groups is 1. The first-order valence-electron chi connectivity index (χ1n) is 6.62. The van der Waals surface area contributed by atoms with Crippen molar-refractivity contribution in [3.05, 3.63) is 57.0 Å². The molecule has 0 saturated carbocycles. The lowest BCUT2D eigenvalue weighted by Crippen LogP contribution is -2.34. The van der Waals surface area contributed by atoms with Crippen LogP contribution in [-0.2, 0) is 0 Å². The summed E-state index contributed by atoms with van der Waals surface area (Å²) in [6.45, 7) is 1.92. The second kappa shape index (κ2) is 7.77. The summed E-state index contributed by atoms with van der Waals surface area (Å²) in [7, 11) is 1.56. The zero-order chi connectivity index (χ0) is 17.0. The van der Waals surface area contributed by atoms with E-state index in [2.05, 4.69) is 26.6 Å². The number of carbonyl (C=O) groups excluding carboxylic acids is 1. The van der Waals surface area contributed by atoms with Gasteiger partial charge in [-0.15, -0.1) is 0 Å². The summed E-state index contributed by atoms with van der Waals surface area (Å²) < 4.78 is 5.83. The lowest BCUT2D eigenvalue weighted by atomic mass is 10.2. The van der Waals surface area contributed by atoms with Crippen LogP contribution >= 0.6 is 39.7 Å². The number of thiocarbonyl (C=S) groups is 1. The molecular formula is C16H14BrClN2O2S. The third-order valence-corrected chi connectivity index (χ3v) is 4.15. The van der Waals surface area contributed by atoms with Crippen molar-refractivity contribution in [2.45, 2.75) is 6.92 Å². The normalized spacial score (nSPS) is 10.1. The first-order valence-corrected chi connectivity index (χ1v) is 8.20. The Morgan fingerprint density at radius 2 is 2.00 bits per heavy atom. The lowest BCUT2D eigenvalue weighted by molar-refractivity contribution is 0.0977. The van der Waals surface area contributed by atoms with E-state index in [1.165, 1.54) is 0 Å². The van der Waals surface area contributed by atoms with E-state index in [9.17, 15) is 4.79 Å². The summed E-state index contributed by atoms with van der Waals surface area (Å²) in [5.41, 5.74) is 2.18. The van der Waals surface area contributed by atoms with Gasteiger partial charge in [0.2, 0.25) is 0 Å². The molecule has 0 aliphatic carbocycles. The van der Waals surface area contributed by atoms with Crippen molar-refractivity contribution >= 4 is 56.5 Å². The highest BCUT2D eigenvalue weighted by Gasteiger charge is 2.11. The van der Waals surface area contributed by atoms with Crippen molar-refractivity contribution in [1.29, 1.82) is 0 Å². The molecular weight excluding hydrogens is 400 g/mol. The van der Waals surface area contributed by atoms with Crippen LogP contribution in [0.25, 0.3) is 0 Å². The molecule has 0 atom stereocenters. The van der Waals surface area contributed by atoms with Crippen LogP contribution in [0.3, 0.4) is 0 Å². The van der Waals surface area contributed by atoms with Crippen LogP contribution in [0.5, 0.6) is 5.75 Å². The van der Waals surface area contributed by atoms with Gasteiger partial charge in [-0.2, -0.15) is 0 Å². The zero-order valence-corrected chi connectivity index (χ0v) is 15.6. The number of amides is 1. The van der Waals surface area contributed by atoms with E-state index >= 15 is 0 Å². The smallest absolute Gasteiger partial charge is 0.257 e. The minimum Gasteiger partial charge on any atom is -0.496 e. The largest absolute Gasteiger partial charge is 0.496 e. The summed E-state index contributed by atoms with van der Waals surface area (Å²) in [5, 5.41) is 6.39. The van der Waals surface area contributed by atoms with Crippen molar-refractivity contribution in [2.75, 3.05) is 12.4 Å². The summed E-state index contributed by atoms with van der Waals surface area (Å²) >= 11 is 14.5. The van der Waals surface area contributed by atoms with E-state index in [0.29, 0.717) is 20.8 Å². The summed E-state index contributed by atoms with van der Waals surface area (Å²) in [5.74, 6) is 0.335. The lowest BCUT2D eigenvalue weighted by Gasteiger charge is -2.12. The van der Waals surface area contributed by atoms with Crippen LogP contribution in [0.15, 0.2) is 40.9 Å². The quantitative estimate of drug-likeness (QED) is 0.725. The Morgan fingerprint density at radius 1 is 1.26 bits per heavy atom. The fraction of sp³-hybridized carbons (Fsp3) is 0.125. The molecule has 2 aromatic carbocycles. The van der Waals surface area contributed by atoms with Gasteiger partial charge in [0.15, 0.2) is 5.11 Å². The molecule has 1 amide bonds. The third kappa shape index (κ3) is 4.67. The van der Waals surface area contributed by atoms with Crippen molar-refractivity contribution in [3.8, 4) is 5.75 Å². The minimum atomic E-state index is -0.314. The Labute approximate surface area is 153 Å². The fourth-order valence-corrected chi connectivity index (χ4v) is 2.78. The molecule has 0 aromatic heterocycles. The van der Waals surface area contributed by atoms with Gasteiger partial charge in [-0.25, -0.2) is 0 Å². The second-order valence-electron chi connectivity index (χ2n) is 4.72. The van der Waals surface area contributed by atoms with Crippen LogP contribution in [0.1, 0.15) is 15.9 Å². The number of rotatable bonds is 3. The maximum atomic E-state index is 12.2. The highest BCUT2D eigenvalue weighted by atomic mass is 79.9. The topological polar surface area (TPSA) is 50.4 Å². The highest BCUT2D eigenvalue weighted by Crippen LogP contribution is 2.25. The SMILES string of the molecule is COc1ccc(C(=O)NC(=S)Nc2cc(Cl)ccc2C)cc1Br. The molecule has 0 radical (unpaired) electrons. The average Bonchev–Trinajstić information content (AvgIpc) is 2.50. The molecule has 0 saturated heterocycles. The number of hydrogen-bond acceptors (Lipinski definition) is 3.